The first-order chi connectivity index (χ1) is 11.9. The maximum atomic E-state index is 2.84. The van der Waals surface area contributed by atoms with E-state index in [9.17, 15) is 0 Å². The molecule has 8 unspecified atom stereocenters. The molecule has 0 radical (unpaired) electrons. The van der Waals surface area contributed by atoms with E-state index >= 15 is 0 Å². The van der Waals surface area contributed by atoms with Gasteiger partial charge in [0.2, 0.25) is 0 Å². The minimum Gasteiger partial charge on any atom is -0.0695 e. The summed E-state index contributed by atoms with van der Waals surface area (Å²) >= 11 is 0. The molecule has 3 saturated carbocycles. The van der Waals surface area contributed by atoms with E-state index in [4.69, 9.17) is 0 Å². The molecule has 3 aliphatic carbocycles. The first-order valence-corrected chi connectivity index (χ1v) is 18.8. The summed E-state index contributed by atoms with van der Waals surface area (Å²) in [4.78, 5) is 0. The molecule has 3 fully saturated rings. The molecule has 0 N–H and O–H groups in total. The number of hydrogen-bond acceptors (Lipinski definition) is 0. The molecule has 0 aromatic carbocycles. The van der Waals surface area contributed by atoms with Crippen LogP contribution in [0.3, 0.4) is 0 Å². The highest BCUT2D eigenvalue weighted by atomic mass is 28.3. The quantitative estimate of drug-likeness (QED) is 0.423. The molecule has 0 aromatic rings. The van der Waals surface area contributed by atoms with Crippen LogP contribution in [-0.4, -0.2) is 16.1 Å². The van der Waals surface area contributed by atoms with Crippen molar-refractivity contribution < 1.29 is 0 Å². The molecule has 0 aromatic heterocycles. The van der Waals surface area contributed by atoms with Crippen molar-refractivity contribution in [3.05, 3.63) is 0 Å². The highest BCUT2D eigenvalue weighted by Crippen LogP contribution is 2.64. The molecule has 0 heterocycles. The van der Waals surface area contributed by atoms with E-state index in [0.717, 1.165) is 52.5 Å². The minimum atomic E-state index is -1.26. The lowest BCUT2D eigenvalue weighted by molar-refractivity contribution is 0.234. The normalized spacial score (nSPS) is 47.2. The van der Waals surface area contributed by atoms with Crippen LogP contribution in [0.4, 0.5) is 0 Å². The average molecular weight is 393 g/mol. The fourth-order valence-corrected chi connectivity index (χ4v) is 16.8. The van der Waals surface area contributed by atoms with Gasteiger partial charge < -0.3 is 0 Å². The molecule has 0 aliphatic heterocycles. The fraction of sp³-hybridized carbons (Fsp3) is 1.00. The zero-order valence-electron chi connectivity index (χ0n) is 19.4. The van der Waals surface area contributed by atoms with Crippen molar-refractivity contribution in [3.63, 3.8) is 0 Å². The van der Waals surface area contributed by atoms with Crippen molar-refractivity contribution >= 4 is 16.1 Å². The fourth-order valence-electron chi connectivity index (χ4n) is 8.52. The molecule has 26 heavy (non-hydrogen) atoms. The van der Waals surface area contributed by atoms with Crippen molar-refractivity contribution in [2.45, 2.75) is 110 Å². The Morgan fingerprint density at radius 3 is 1.69 bits per heavy atom. The molecule has 152 valence electrons. The Hall–Kier alpha value is 0.434. The van der Waals surface area contributed by atoms with Crippen LogP contribution in [0, 0.1) is 41.4 Å². The van der Waals surface area contributed by atoms with E-state index in [2.05, 4.69) is 60.4 Å². The zero-order valence-corrected chi connectivity index (χ0v) is 21.4. The summed E-state index contributed by atoms with van der Waals surface area (Å²) in [5, 5.41) is 0. The number of rotatable bonds is 4. The minimum absolute atomic E-state index is 0.933. The van der Waals surface area contributed by atoms with E-state index in [-0.39, 0.29) is 0 Å². The van der Waals surface area contributed by atoms with Gasteiger partial charge in [-0.05, 0) is 65.3 Å². The Balaban J connectivity index is 1.86. The molecule has 0 saturated heterocycles. The SMILES string of the molecule is CC1C(C)C(C)C([Si](C)(C)C2CC(C[Si](C)(C)C)C3CCCCC32)C1C. The third-order valence-electron chi connectivity index (χ3n) is 9.86. The van der Waals surface area contributed by atoms with E-state index < -0.39 is 16.1 Å². The lowest BCUT2D eigenvalue weighted by Gasteiger charge is -2.45. The van der Waals surface area contributed by atoms with E-state index in [1.807, 2.05) is 0 Å². The number of fused-ring (bicyclic) bond motifs is 1. The van der Waals surface area contributed by atoms with Crippen LogP contribution in [0.2, 0.25) is 49.9 Å². The van der Waals surface area contributed by atoms with Gasteiger partial charge in [-0.25, -0.2) is 0 Å². The van der Waals surface area contributed by atoms with Crippen LogP contribution < -0.4 is 0 Å². The second-order valence-electron chi connectivity index (χ2n) is 12.8. The van der Waals surface area contributed by atoms with Crippen LogP contribution in [0.5, 0.6) is 0 Å². The lowest BCUT2D eigenvalue weighted by Crippen LogP contribution is -2.44. The van der Waals surface area contributed by atoms with Gasteiger partial charge in [0.05, 0.1) is 8.07 Å². The molecule has 3 rings (SSSR count). The van der Waals surface area contributed by atoms with Gasteiger partial charge in [-0.15, -0.1) is 0 Å². The summed E-state index contributed by atoms with van der Waals surface area (Å²) in [6, 6.07) is 1.61. The average Bonchev–Trinajstić information content (AvgIpc) is 2.99. The first-order valence-electron chi connectivity index (χ1n) is 11.9. The van der Waals surface area contributed by atoms with Crippen molar-refractivity contribution in [2.75, 3.05) is 0 Å². The Bertz CT molecular complexity index is 477. The summed E-state index contributed by atoms with van der Waals surface area (Å²) < 4.78 is 0. The van der Waals surface area contributed by atoms with Gasteiger partial charge in [-0.3, -0.25) is 0 Å². The molecule has 0 nitrogen and oxygen atoms in total. The maximum Gasteiger partial charge on any atom is 0.0544 e. The summed E-state index contributed by atoms with van der Waals surface area (Å²) in [5.41, 5.74) is 2.19. The molecule has 0 amide bonds. The smallest absolute Gasteiger partial charge is 0.0544 e. The number of hydrogen-bond donors (Lipinski definition) is 0. The van der Waals surface area contributed by atoms with E-state index in [1.54, 1.807) is 25.3 Å². The molecular formula is C24H48Si2. The van der Waals surface area contributed by atoms with Crippen LogP contribution in [0.1, 0.15) is 59.8 Å². The van der Waals surface area contributed by atoms with Gasteiger partial charge in [0.15, 0.2) is 0 Å². The topological polar surface area (TPSA) is 0 Å². The second-order valence-corrected chi connectivity index (χ2v) is 23.3. The molecule has 0 bridgehead atoms. The van der Waals surface area contributed by atoms with E-state index in [0.29, 0.717) is 0 Å². The zero-order chi connectivity index (χ0) is 19.4. The first kappa shape index (κ1) is 21.2. The monoisotopic (exact) mass is 392 g/mol. The van der Waals surface area contributed by atoms with E-state index in [1.165, 1.54) is 12.8 Å². The van der Waals surface area contributed by atoms with Crippen molar-refractivity contribution in [2.24, 2.45) is 41.4 Å². The van der Waals surface area contributed by atoms with Crippen molar-refractivity contribution in [1.29, 1.82) is 0 Å². The summed E-state index contributed by atoms with van der Waals surface area (Å²) in [6.07, 6.45) is 7.84. The molecular weight excluding hydrogens is 344 g/mol. The van der Waals surface area contributed by atoms with Crippen LogP contribution in [0.25, 0.3) is 0 Å². The van der Waals surface area contributed by atoms with Gasteiger partial charge in [0.1, 0.15) is 0 Å². The lowest BCUT2D eigenvalue weighted by atomic mass is 9.78. The summed E-state index contributed by atoms with van der Waals surface area (Å²) in [5.74, 6) is 7.09. The highest BCUT2D eigenvalue weighted by Gasteiger charge is 2.57. The highest BCUT2D eigenvalue weighted by molar-refractivity contribution is 6.80. The Kier molecular flexibility index (Phi) is 5.98. The van der Waals surface area contributed by atoms with Crippen LogP contribution in [0.15, 0.2) is 0 Å². The molecule has 3 aliphatic rings. The Labute approximate surface area is 167 Å². The third-order valence-corrected chi connectivity index (χ3v) is 17.0. The molecule has 8 atom stereocenters. The van der Waals surface area contributed by atoms with Gasteiger partial charge >= 0.3 is 0 Å². The van der Waals surface area contributed by atoms with Crippen molar-refractivity contribution in [3.8, 4) is 0 Å². The van der Waals surface area contributed by atoms with Crippen LogP contribution in [-0.2, 0) is 0 Å². The summed E-state index contributed by atoms with van der Waals surface area (Å²) in [6.45, 7) is 23.9. The van der Waals surface area contributed by atoms with Crippen LogP contribution >= 0.6 is 0 Å². The Morgan fingerprint density at radius 2 is 1.19 bits per heavy atom. The molecule has 2 heteroatoms. The third kappa shape index (κ3) is 3.67. The largest absolute Gasteiger partial charge is 0.0695 e. The van der Waals surface area contributed by atoms with Gasteiger partial charge in [0.25, 0.3) is 0 Å². The predicted molar refractivity (Wildman–Crippen MR) is 123 cm³/mol. The Morgan fingerprint density at radius 1 is 0.692 bits per heavy atom. The molecule has 0 spiro atoms. The summed E-state index contributed by atoms with van der Waals surface area (Å²) in [7, 11) is -2.21. The van der Waals surface area contributed by atoms with Crippen molar-refractivity contribution in [1.82, 2.24) is 0 Å². The maximum absolute atomic E-state index is 2.84. The second kappa shape index (κ2) is 7.36. The van der Waals surface area contributed by atoms with Gasteiger partial charge in [-0.1, -0.05) is 85.7 Å². The predicted octanol–water partition coefficient (Wildman–Crippen LogP) is 8.16. The standard InChI is InChI=1S/C24H48Si2/c1-16-17(2)19(4)24(18(16)3)26(8,9)23-14-20(15-25(5,6)7)21-12-10-11-13-22(21)23/h16-24H,10-15H2,1-9H3. The van der Waals surface area contributed by atoms with Gasteiger partial charge in [-0.2, -0.15) is 0 Å². The van der Waals surface area contributed by atoms with Gasteiger partial charge in [0, 0.05) is 8.07 Å².